The third kappa shape index (κ3) is 4.20. The molecule has 0 spiro atoms. The Labute approximate surface area is 184 Å². The maximum absolute atomic E-state index is 13.4. The number of aliphatic hydroxyl groups excluding tert-OH is 1. The van der Waals surface area contributed by atoms with Gasteiger partial charge < -0.3 is 29.9 Å². The molecule has 0 bridgehead atoms. The number of hydrogen-bond donors (Lipinski definition) is 5. The zero-order valence-corrected chi connectivity index (χ0v) is 18.1. The third-order valence-electron chi connectivity index (χ3n) is 5.31. The zero-order chi connectivity index (χ0) is 23.7. The number of hydrogen-bond acceptors (Lipinski definition) is 7. The van der Waals surface area contributed by atoms with E-state index in [1.165, 1.54) is 12.1 Å². The maximum atomic E-state index is 13.4. The Kier molecular flexibility index (Phi) is 6.32. The van der Waals surface area contributed by atoms with E-state index in [9.17, 15) is 30.3 Å². The van der Waals surface area contributed by atoms with E-state index in [4.69, 9.17) is 4.42 Å². The quantitative estimate of drug-likeness (QED) is 0.363. The van der Waals surface area contributed by atoms with Crippen LogP contribution in [0.3, 0.4) is 0 Å². The van der Waals surface area contributed by atoms with Crippen LogP contribution in [0.1, 0.15) is 31.9 Å². The van der Waals surface area contributed by atoms with Gasteiger partial charge in [-0.2, -0.15) is 0 Å². The smallest absolute Gasteiger partial charge is 0.204 e. The van der Waals surface area contributed by atoms with E-state index < -0.39 is 17.3 Å². The summed E-state index contributed by atoms with van der Waals surface area (Å²) in [4.78, 5) is 13.4. The minimum absolute atomic E-state index is 0.00420. The summed E-state index contributed by atoms with van der Waals surface area (Å²) in [6.07, 6.45) is 2.01. The molecule has 0 aliphatic carbocycles. The molecule has 0 fully saturated rings. The van der Waals surface area contributed by atoms with E-state index in [2.05, 4.69) is 6.58 Å². The fraction of sp³-hybridized carbons (Fsp3) is 0.240. The zero-order valence-electron chi connectivity index (χ0n) is 18.1. The van der Waals surface area contributed by atoms with Crippen molar-refractivity contribution in [3.05, 3.63) is 69.6 Å². The van der Waals surface area contributed by atoms with Crippen LogP contribution < -0.4 is 5.43 Å². The number of fused-ring (bicyclic) bond motifs is 1. The molecular weight excluding hydrogens is 412 g/mol. The van der Waals surface area contributed by atoms with Crippen LogP contribution in [0.15, 0.2) is 57.5 Å². The lowest BCUT2D eigenvalue weighted by Crippen LogP contribution is -2.14. The molecule has 0 aliphatic heterocycles. The lowest BCUT2D eigenvalue weighted by atomic mass is 9.93. The third-order valence-corrected chi connectivity index (χ3v) is 5.31. The first-order chi connectivity index (χ1) is 15.0. The minimum atomic E-state index is -1.04. The topological polar surface area (TPSA) is 131 Å². The van der Waals surface area contributed by atoms with Crippen molar-refractivity contribution >= 4 is 11.0 Å². The van der Waals surface area contributed by atoms with Gasteiger partial charge >= 0.3 is 0 Å². The summed E-state index contributed by atoms with van der Waals surface area (Å²) in [5.74, 6) is -1.29. The SMILES string of the molecule is C=C(C)[C@H](O)Cc1c(O)c(CC=C(C)C)c2occ(-c3ccc(O)cc3O)c(=O)c2c1O. The Morgan fingerprint density at radius 2 is 1.75 bits per heavy atom. The van der Waals surface area contributed by atoms with Crippen molar-refractivity contribution in [1.29, 1.82) is 0 Å². The Morgan fingerprint density at radius 1 is 1.06 bits per heavy atom. The Hall–Kier alpha value is -3.71. The van der Waals surface area contributed by atoms with Crippen LogP contribution in [0.2, 0.25) is 0 Å². The van der Waals surface area contributed by atoms with Gasteiger partial charge in [0, 0.05) is 29.2 Å². The van der Waals surface area contributed by atoms with Crippen LogP contribution in [0.5, 0.6) is 23.0 Å². The Morgan fingerprint density at radius 3 is 2.34 bits per heavy atom. The Bertz CT molecular complexity index is 1290. The van der Waals surface area contributed by atoms with Crippen molar-refractivity contribution in [1.82, 2.24) is 0 Å². The summed E-state index contributed by atoms with van der Waals surface area (Å²) in [5, 5.41) is 51.7. The van der Waals surface area contributed by atoms with Crippen molar-refractivity contribution in [2.24, 2.45) is 0 Å². The molecule has 7 heteroatoms. The van der Waals surface area contributed by atoms with Crippen LogP contribution in [-0.4, -0.2) is 31.6 Å². The van der Waals surface area contributed by atoms with Gasteiger partial charge in [0.1, 0.15) is 40.2 Å². The molecule has 2 aromatic carbocycles. The van der Waals surface area contributed by atoms with Gasteiger partial charge in [0.15, 0.2) is 0 Å². The molecule has 3 aromatic rings. The summed E-state index contributed by atoms with van der Waals surface area (Å²) >= 11 is 0. The van der Waals surface area contributed by atoms with Crippen LogP contribution in [0.25, 0.3) is 22.1 Å². The molecule has 7 nitrogen and oxygen atoms in total. The van der Waals surface area contributed by atoms with Crippen molar-refractivity contribution in [2.75, 3.05) is 0 Å². The highest BCUT2D eigenvalue weighted by atomic mass is 16.3. The molecule has 0 unspecified atom stereocenters. The van der Waals surface area contributed by atoms with Crippen LogP contribution in [0, 0.1) is 0 Å². The normalized spacial score (nSPS) is 12.0. The maximum Gasteiger partial charge on any atom is 0.204 e. The van der Waals surface area contributed by atoms with Gasteiger partial charge in [-0.1, -0.05) is 23.8 Å². The molecule has 0 saturated heterocycles. The highest BCUT2D eigenvalue weighted by Crippen LogP contribution is 2.41. The molecule has 5 N–H and O–H groups in total. The fourth-order valence-corrected chi connectivity index (χ4v) is 3.45. The number of benzene rings is 2. The molecule has 1 atom stereocenters. The lowest BCUT2D eigenvalue weighted by molar-refractivity contribution is 0.209. The summed E-state index contributed by atoms with van der Waals surface area (Å²) < 4.78 is 5.69. The van der Waals surface area contributed by atoms with Crippen LogP contribution >= 0.6 is 0 Å². The van der Waals surface area contributed by atoms with Crippen LogP contribution in [-0.2, 0) is 12.8 Å². The second kappa shape index (κ2) is 8.80. The van der Waals surface area contributed by atoms with Gasteiger partial charge in [0.05, 0.1) is 11.7 Å². The standard InChI is InChI=1S/C25H26O7/c1-12(2)5-7-16-22(29)17(10-19(27)13(3)4)23(30)21-24(31)18(11-32-25(16)21)15-8-6-14(26)9-20(15)28/h5-6,8-9,11,19,26-30H,3,7,10H2,1-2,4H3/t19-/m1/s1. The van der Waals surface area contributed by atoms with Gasteiger partial charge in [-0.05, 0) is 39.3 Å². The van der Waals surface area contributed by atoms with Gasteiger partial charge in [0.2, 0.25) is 5.43 Å². The first-order valence-corrected chi connectivity index (χ1v) is 10.0. The largest absolute Gasteiger partial charge is 0.508 e. The molecule has 0 amide bonds. The predicted octanol–water partition coefficient (Wildman–Crippen LogP) is 4.27. The minimum Gasteiger partial charge on any atom is -0.508 e. The van der Waals surface area contributed by atoms with Gasteiger partial charge in [-0.3, -0.25) is 4.79 Å². The molecule has 168 valence electrons. The number of allylic oxidation sites excluding steroid dienone is 2. The molecule has 32 heavy (non-hydrogen) atoms. The fourth-order valence-electron chi connectivity index (χ4n) is 3.45. The lowest BCUT2D eigenvalue weighted by Gasteiger charge is -2.17. The van der Waals surface area contributed by atoms with Gasteiger partial charge in [0.25, 0.3) is 0 Å². The van der Waals surface area contributed by atoms with Crippen LogP contribution in [0.4, 0.5) is 0 Å². The van der Waals surface area contributed by atoms with Crippen molar-refractivity contribution < 1.29 is 29.9 Å². The molecule has 0 saturated carbocycles. The van der Waals surface area contributed by atoms with Gasteiger partial charge in [-0.15, -0.1) is 0 Å². The summed E-state index contributed by atoms with van der Waals surface area (Å²) in [7, 11) is 0. The van der Waals surface area contributed by atoms with Crippen molar-refractivity contribution in [3.8, 4) is 34.1 Å². The first kappa shape index (κ1) is 23.0. The highest BCUT2D eigenvalue weighted by Gasteiger charge is 2.26. The van der Waals surface area contributed by atoms with E-state index in [0.29, 0.717) is 11.1 Å². The molecule has 0 aliphatic rings. The highest BCUT2D eigenvalue weighted by molar-refractivity contribution is 5.93. The number of rotatable bonds is 6. The second-order valence-corrected chi connectivity index (χ2v) is 8.09. The first-order valence-electron chi connectivity index (χ1n) is 10.0. The van der Waals surface area contributed by atoms with E-state index in [-0.39, 0.29) is 57.7 Å². The van der Waals surface area contributed by atoms with E-state index in [1.807, 2.05) is 19.9 Å². The van der Waals surface area contributed by atoms with Crippen molar-refractivity contribution in [2.45, 2.75) is 39.7 Å². The van der Waals surface area contributed by atoms with E-state index in [0.717, 1.165) is 17.9 Å². The number of phenolic OH excluding ortho intramolecular Hbond substituents is 4. The van der Waals surface area contributed by atoms with Gasteiger partial charge in [-0.25, -0.2) is 0 Å². The molecule has 0 radical (unpaired) electrons. The average molecular weight is 438 g/mol. The predicted molar refractivity (Wildman–Crippen MR) is 122 cm³/mol. The molecule has 1 aromatic heterocycles. The summed E-state index contributed by atoms with van der Waals surface area (Å²) in [6.45, 7) is 9.07. The molecule has 1 heterocycles. The number of aromatic hydroxyl groups is 4. The summed E-state index contributed by atoms with van der Waals surface area (Å²) in [6, 6.07) is 3.75. The molecule has 3 rings (SSSR count). The average Bonchev–Trinajstić information content (AvgIpc) is 2.71. The number of aliphatic hydroxyl groups is 1. The molecular formula is C25H26O7. The van der Waals surface area contributed by atoms with E-state index in [1.54, 1.807) is 6.92 Å². The van der Waals surface area contributed by atoms with E-state index >= 15 is 0 Å². The second-order valence-electron chi connectivity index (χ2n) is 8.09. The Balaban J connectivity index is 2.37. The van der Waals surface area contributed by atoms with Crippen molar-refractivity contribution in [3.63, 3.8) is 0 Å². The number of phenols is 4. The monoisotopic (exact) mass is 438 g/mol. The summed E-state index contributed by atoms with van der Waals surface area (Å²) in [5.41, 5.74) is 1.17.